The van der Waals surface area contributed by atoms with E-state index in [1.807, 2.05) is 0 Å². The number of hydrogen-bond donors (Lipinski definition) is 1. The highest BCUT2D eigenvalue weighted by Gasteiger charge is 2.53. The molecule has 0 aliphatic heterocycles. The predicted octanol–water partition coefficient (Wildman–Crippen LogP) is 5.14. The third-order valence-electron chi connectivity index (χ3n) is 6.31. The Morgan fingerprint density at radius 3 is 2.29 bits per heavy atom. The average molecular weight is 324 g/mol. The Bertz CT molecular complexity index is 474. The van der Waals surface area contributed by atoms with Gasteiger partial charge in [0.05, 0.1) is 4.34 Å². The molecular formula is C18H26ClNS. The van der Waals surface area contributed by atoms with Crippen LogP contribution in [0.1, 0.15) is 50.3 Å². The molecule has 5 rings (SSSR count). The molecule has 4 aliphatic rings. The van der Waals surface area contributed by atoms with E-state index in [1.165, 1.54) is 49.8 Å². The number of likely N-dealkylation sites (N-methyl/N-ethyl adjacent to an activating group) is 1. The van der Waals surface area contributed by atoms with Gasteiger partial charge >= 0.3 is 0 Å². The van der Waals surface area contributed by atoms with Gasteiger partial charge in [0.2, 0.25) is 0 Å². The largest absolute Gasteiger partial charge is 0.313 e. The van der Waals surface area contributed by atoms with Crippen molar-refractivity contribution in [1.82, 2.24) is 5.32 Å². The molecule has 1 aromatic heterocycles. The minimum Gasteiger partial charge on any atom is -0.313 e. The van der Waals surface area contributed by atoms with E-state index >= 15 is 0 Å². The molecule has 3 heteroatoms. The SMILES string of the molecule is CCNC(Cc1ccc(Cl)s1)C12CC3CC(CC(C3)C1)C2. The van der Waals surface area contributed by atoms with Crippen molar-refractivity contribution in [2.45, 2.75) is 57.9 Å². The molecule has 1 nitrogen and oxygen atoms in total. The van der Waals surface area contributed by atoms with E-state index < -0.39 is 0 Å². The van der Waals surface area contributed by atoms with Gasteiger partial charge in [0, 0.05) is 10.9 Å². The molecule has 1 aromatic rings. The zero-order valence-corrected chi connectivity index (χ0v) is 14.5. The van der Waals surface area contributed by atoms with Crippen LogP contribution in [0.2, 0.25) is 4.34 Å². The van der Waals surface area contributed by atoms with Crippen molar-refractivity contribution in [3.8, 4) is 0 Å². The normalized spacial score (nSPS) is 38.9. The fraction of sp³-hybridized carbons (Fsp3) is 0.778. The van der Waals surface area contributed by atoms with Gasteiger partial charge in [-0.25, -0.2) is 0 Å². The second-order valence-corrected chi connectivity index (χ2v) is 9.60. The maximum Gasteiger partial charge on any atom is 0.0931 e. The molecular weight excluding hydrogens is 298 g/mol. The number of thiophene rings is 1. The van der Waals surface area contributed by atoms with Crippen molar-refractivity contribution in [2.75, 3.05) is 6.54 Å². The molecule has 0 saturated heterocycles. The summed E-state index contributed by atoms with van der Waals surface area (Å²) in [4.78, 5) is 1.46. The smallest absolute Gasteiger partial charge is 0.0931 e. The molecule has 1 unspecified atom stereocenters. The van der Waals surface area contributed by atoms with Gasteiger partial charge in [-0.1, -0.05) is 18.5 Å². The van der Waals surface area contributed by atoms with Crippen LogP contribution in [0.25, 0.3) is 0 Å². The summed E-state index contributed by atoms with van der Waals surface area (Å²) in [6, 6.07) is 4.95. The third kappa shape index (κ3) is 2.68. The molecule has 4 saturated carbocycles. The van der Waals surface area contributed by atoms with Crippen molar-refractivity contribution in [1.29, 1.82) is 0 Å². The zero-order valence-electron chi connectivity index (χ0n) is 12.9. The average Bonchev–Trinajstić information content (AvgIpc) is 2.82. The first kappa shape index (κ1) is 14.5. The van der Waals surface area contributed by atoms with Crippen molar-refractivity contribution in [3.63, 3.8) is 0 Å². The van der Waals surface area contributed by atoms with E-state index in [1.54, 1.807) is 11.3 Å². The molecule has 4 bridgehead atoms. The summed E-state index contributed by atoms with van der Waals surface area (Å²) in [5.74, 6) is 3.10. The van der Waals surface area contributed by atoms with E-state index in [0.717, 1.165) is 28.6 Å². The van der Waals surface area contributed by atoms with Gasteiger partial charge in [0.15, 0.2) is 0 Å². The van der Waals surface area contributed by atoms with Crippen molar-refractivity contribution in [3.05, 3.63) is 21.3 Å². The number of hydrogen-bond acceptors (Lipinski definition) is 2. The van der Waals surface area contributed by atoms with Gasteiger partial charge in [-0.3, -0.25) is 0 Å². The fourth-order valence-electron chi connectivity index (χ4n) is 6.02. The molecule has 4 fully saturated rings. The maximum atomic E-state index is 6.14. The maximum absolute atomic E-state index is 6.14. The second-order valence-electron chi connectivity index (χ2n) is 7.80. The first-order valence-corrected chi connectivity index (χ1v) is 9.84. The Morgan fingerprint density at radius 1 is 1.19 bits per heavy atom. The summed E-state index contributed by atoms with van der Waals surface area (Å²) in [6.07, 6.45) is 10.2. The first-order chi connectivity index (χ1) is 10.2. The molecule has 4 aliphatic carbocycles. The second kappa shape index (κ2) is 5.54. The van der Waals surface area contributed by atoms with Crippen LogP contribution < -0.4 is 5.32 Å². The van der Waals surface area contributed by atoms with Crippen molar-refractivity contribution >= 4 is 22.9 Å². The number of nitrogens with one attached hydrogen (secondary N) is 1. The molecule has 0 spiro atoms. The number of halogens is 1. The summed E-state index contributed by atoms with van der Waals surface area (Å²) in [5, 5.41) is 3.86. The number of rotatable bonds is 5. The van der Waals surface area contributed by atoms with Crippen LogP contribution >= 0.6 is 22.9 Å². The Kier molecular flexibility index (Phi) is 3.84. The quantitative estimate of drug-likeness (QED) is 0.791. The Balaban J connectivity index is 1.58. The van der Waals surface area contributed by atoms with Crippen LogP contribution in [-0.2, 0) is 6.42 Å². The van der Waals surface area contributed by atoms with E-state index in [2.05, 4.69) is 24.4 Å². The lowest BCUT2D eigenvalue weighted by atomic mass is 9.47. The van der Waals surface area contributed by atoms with Gasteiger partial charge in [-0.15, -0.1) is 11.3 Å². The monoisotopic (exact) mass is 323 g/mol. The highest BCUT2D eigenvalue weighted by atomic mass is 35.5. The van der Waals surface area contributed by atoms with E-state index in [4.69, 9.17) is 11.6 Å². The molecule has 21 heavy (non-hydrogen) atoms. The van der Waals surface area contributed by atoms with Crippen LogP contribution in [0, 0.1) is 23.2 Å². The predicted molar refractivity (Wildman–Crippen MR) is 91.1 cm³/mol. The van der Waals surface area contributed by atoms with E-state index in [0.29, 0.717) is 11.5 Å². The van der Waals surface area contributed by atoms with Gasteiger partial charge in [-0.2, -0.15) is 0 Å². The lowest BCUT2D eigenvalue weighted by Crippen LogP contribution is -2.56. The first-order valence-electron chi connectivity index (χ1n) is 8.64. The Labute approximate surface area is 137 Å². The summed E-state index contributed by atoms with van der Waals surface area (Å²) >= 11 is 7.91. The van der Waals surface area contributed by atoms with Crippen LogP contribution in [0.4, 0.5) is 0 Å². The molecule has 0 aromatic carbocycles. The van der Waals surface area contributed by atoms with Crippen LogP contribution in [0.15, 0.2) is 12.1 Å². The van der Waals surface area contributed by atoms with Crippen LogP contribution in [-0.4, -0.2) is 12.6 Å². The van der Waals surface area contributed by atoms with Gasteiger partial charge in [0.25, 0.3) is 0 Å². The third-order valence-corrected chi connectivity index (χ3v) is 7.56. The molecule has 116 valence electrons. The molecule has 1 N–H and O–H groups in total. The van der Waals surface area contributed by atoms with Gasteiger partial charge in [-0.05, 0) is 86.8 Å². The summed E-state index contributed by atoms with van der Waals surface area (Å²) < 4.78 is 0.936. The summed E-state index contributed by atoms with van der Waals surface area (Å²) in [6.45, 7) is 3.35. The molecule has 1 atom stereocenters. The zero-order chi connectivity index (χ0) is 14.4. The van der Waals surface area contributed by atoms with Crippen LogP contribution in [0.3, 0.4) is 0 Å². The van der Waals surface area contributed by atoms with E-state index in [9.17, 15) is 0 Å². The van der Waals surface area contributed by atoms with E-state index in [-0.39, 0.29) is 0 Å². The van der Waals surface area contributed by atoms with Gasteiger partial charge in [0.1, 0.15) is 0 Å². The highest BCUT2D eigenvalue weighted by molar-refractivity contribution is 7.16. The minimum absolute atomic E-state index is 0.585. The van der Waals surface area contributed by atoms with Crippen molar-refractivity contribution < 1.29 is 0 Å². The fourth-order valence-corrected chi connectivity index (χ4v) is 7.15. The summed E-state index contributed by atoms with van der Waals surface area (Å²) in [7, 11) is 0. The van der Waals surface area contributed by atoms with Gasteiger partial charge < -0.3 is 5.32 Å². The molecule has 1 heterocycles. The van der Waals surface area contributed by atoms with Crippen molar-refractivity contribution in [2.24, 2.45) is 23.2 Å². The Hall–Kier alpha value is -0.0500. The van der Waals surface area contributed by atoms with Crippen LogP contribution in [0.5, 0.6) is 0 Å². The molecule has 0 radical (unpaired) electrons. The Morgan fingerprint density at radius 2 is 1.81 bits per heavy atom. The summed E-state index contributed by atoms with van der Waals surface area (Å²) in [5.41, 5.74) is 0.585. The lowest BCUT2D eigenvalue weighted by molar-refractivity contribution is -0.0732. The highest BCUT2D eigenvalue weighted by Crippen LogP contribution is 2.61. The minimum atomic E-state index is 0.585. The standard InChI is InChI=1S/C18H26ClNS/c1-2-20-16(8-15-3-4-17(19)21-15)18-9-12-5-13(10-18)7-14(6-12)11-18/h3-4,12-14,16,20H,2,5-11H2,1H3. The molecule has 0 amide bonds. The lowest BCUT2D eigenvalue weighted by Gasteiger charge is -2.59. The topological polar surface area (TPSA) is 12.0 Å².